The minimum Gasteiger partial charge on any atom is -0.462 e. The number of ether oxygens (including phenoxy) is 3. The van der Waals surface area contributed by atoms with Gasteiger partial charge in [-0.3, -0.25) is 14.4 Å². The molecule has 0 aliphatic carbocycles. The molecule has 71 heavy (non-hydrogen) atoms. The minimum absolute atomic E-state index is 0.0611. The highest BCUT2D eigenvalue weighted by Gasteiger charge is 2.19. The van der Waals surface area contributed by atoms with Gasteiger partial charge in [0.25, 0.3) is 0 Å². The lowest BCUT2D eigenvalue weighted by Crippen LogP contribution is -2.30. The van der Waals surface area contributed by atoms with Gasteiger partial charge in [-0.05, 0) is 25.2 Å². The van der Waals surface area contributed by atoms with Crippen molar-refractivity contribution in [3.05, 3.63) is 0 Å². The molecule has 422 valence electrons. The molecule has 0 amide bonds. The molecular formula is C65H126O6. The van der Waals surface area contributed by atoms with Crippen LogP contribution in [-0.2, 0) is 28.6 Å². The van der Waals surface area contributed by atoms with Crippen LogP contribution in [-0.4, -0.2) is 37.2 Å². The van der Waals surface area contributed by atoms with E-state index in [0.717, 1.165) is 63.7 Å². The van der Waals surface area contributed by atoms with Crippen LogP contribution >= 0.6 is 0 Å². The van der Waals surface area contributed by atoms with E-state index in [9.17, 15) is 14.4 Å². The second kappa shape index (κ2) is 59.3. The number of hydrogen-bond acceptors (Lipinski definition) is 6. The van der Waals surface area contributed by atoms with Crippen LogP contribution in [0.4, 0.5) is 0 Å². The summed E-state index contributed by atoms with van der Waals surface area (Å²) < 4.78 is 17.0. The maximum absolute atomic E-state index is 12.9. The first-order valence-electron chi connectivity index (χ1n) is 32.4. The van der Waals surface area contributed by atoms with Gasteiger partial charge in [-0.1, -0.05) is 336 Å². The molecule has 0 rings (SSSR count). The molecule has 0 aliphatic heterocycles. The zero-order valence-electron chi connectivity index (χ0n) is 48.7. The molecule has 0 unspecified atom stereocenters. The van der Waals surface area contributed by atoms with Crippen LogP contribution in [0, 0.1) is 5.92 Å². The fourth-order valence-corrected chi connectivity index (χ4v) is 10.2. The van der Waals surface area contributed by atoms with Gasteiger partial charge in [-0.15, -0.1) is 0 Å². The molecule has 0 aliphatic rings. The van der Waals surface area contributed by atoms with Gasteiger partial charge in [-0.25, -0.2) is 0 Å². The Labute approximate surface area is 444 Å². The van der Waals surface area contributed by atoms with Gasteiger partial charge in [0.15, 0.2) is 6.10 Å². The van der Waals surface area contributed by atoms with E-state index in [1.807, 2.05) is 0 Å². The Kier molecular flexibility index (Phi) is 58.0. The first kappa shape index (κ1) is 69.4. The van der Waals surface area contributed by atoms with E-state index in [1.165, 1.54) is 270 Å². The molecule has 6 heteroatoms. The minimum atomic E-state index is -0.763. The van der Waals surface area contributed by atoms with Gasteiger partial charge in [0.1, 0.15) is 13.2 Å². The number of hydrogen-bond donors (Lipinski definition) is 0. The quantitative estimate of drug-likeness (QED) is 0.0343. The molecule has 0 saturated heterocycles. The summed E-state index contributed by atoms with van der Waals surface area (Å²) in [6.45, 7) is 9.10. The first-order chi connectivity index (χ1) is 34.9. The first-order valence-corrected chi connectivity index (χ1v) is 32.4. The Morgan fingerprint density at radius 2 is 0.465 bits per heavy atom. The van der Waals surface area contributed by atoms with Crippen molar-refractivity contribution in [2.75, 3.05) is 13.2 Å². The van der Waals surface area contributed by atoms with Gasteiger partial charge < -0.3 is 14.2 Å². The highest BCUT2D eigenvalue weighted by Crippen LogP contribution is 2.19. The summed E-state index contributed by atoms with van der Waals surface area (Å²) in [6.07, 6.45) is 66.8. The molecule has 0 bridgehead atoms. The third-order valence-corrected chi connectivity index (χ3v) is 15.0. The summed E-state index contributed by atoms with van der Waals surface area (Å²) in [5, 5.41) is 0. The molecule has 6 nitrogen and oxygen atoms in total. The van der Waals surface area contributed by atoms with E-state index >= 15 is 0 Å². The van der Waals surface area contributed by atoms with Crippen molar-refractivity contribution in [2.45, 2.75) is 381 Å². The number of rotatable bonds is 60. The molecule has 0 saturated carbocycles. The molecule has 0 heterocycles. The van der Waals surface area contributed by atoms with Crippen molar-refractivity contribution in [3.63, 3.8) is 0 Å². The molecule has 0 aromatic heterocycles. The SMILES string of the molecule is CCCCCCCCCCCCCCCCCCCCCC(=O)O[C@@H](COC(=O)CCCCCCCCCCCCCCCCCCC)COC(=O)CCCCCCCCCCCCCCCCC(C)C. The van der Waals surface area contributed by atoms with Gasteiger partial charge >= 0.3 is 17.9 Å². The predicted molar refractivity (Wildman–Crippen MR) is 307 cm³/mol. The van der Waals surface area contributed by atoms with Crippen molar-refractivity contribution >= 4 is 17.9 Å². The van der Waals surface area contributed by atoms with Crippen molar-refractivity contribution in [1.82, 2.24) is 0 Å². The fourth-order valence-electron chi connectivity index (χ4n) is 10.2. The molecule has 0 spiro atoms. The topological polar surface area (TPSA) is 78.9 Å². The summed E-state index contributed by atoms with van der Waals surface area (Å²) in [4.78, 5) is 38.3. The van der Waals surface area contributed by atoms with Crippen LogP contribution in [0.5, 0.6) is 0 Å². The van der Waals surface area contributed by atoms with Crippen molar-refractivity contribution in [2.24, 2.45) is 5.92 Å². The van der Waals surface area contributed by atoms with E-state index in [1.54, 1.807) is 0 Å². The molecule has 0 aromatic rings. The second-order valence-electron chi connectivity index (χ2n) is 22.9. The van der Waals surface area contributed by atoms with Crippen molar-refractivity contribution < 1.29 is 28.6 Å². The van der Waals surface area contributed by atoms with E-state index < -0.39 is 6.10 Å². The zero-order chi connectivity index (χ0) is 51.6. The van der Waals surface area contributed by atoms with Crippen LogP contribution < -0.4 is 0 Å². The highest BCUT2D eigenvalue weighted by molar-refractivity contribution is 5.71. The number of carbonyl (C=O) groups excluding carboxylic acids is 3. The van der Waals surface area contributed by atoms with E-state index in [2.05, 4.69) is 27.7 Å². The predicted octanol–water partition coefficient (Wildman–Crippen LogP) is 21.7. The van der Waals surface area contributed by atoms with Gasteiger partial charge in [0, 0.05) is 19.3 Å². The summed E-state index contributed by atoms with van der Waals surface area (Å²) in [5.41, 5.74) is 0. The summed E-state index contributed by atoms with van der Waals surface area (Å²) in [6, 6.07) is 0. The molecule has 0 fully saturated rings. The maximum Gasteiger partial charge on any atom is 0.306 e. The normalized spacial score (nSPS) is 12.0. The van der Waals surface area contributed by atoms with Crippen LogP contribution in [0.3, 0.4) is 0 Å². The Bertz CT molecular complexity index is 1070. The van der Waals surface area contributed by atoms with Crippen molar-refractivity contribution in [3.8, 4) is 0 Å². The maximum atomic E-state index is 12.9. The van der Waals surface area contributed by atoms with Gasteiger partial charge in [0.05, 0.1) is 0 Å². The molecule has 0 radical (unpaired) electrons. The monoisotopic (exact) mass is 1000 g/mol. The van der Waals surface area contributed by atoms with Crippen LogP contribution in [0.15, 0.2) is 0 Å². The van der Waals surface area contributed by atoms with E-state index in [0.29, 0.717) is 19.3 Å². The lowest BCUT2D eigenvalue weighted by Gasteiger charge is -2.18. The molecule has 1 atom stereocenters. The van der Waals surface area contributed by atoms with Crippen molar-refractivity contribution in [1.29, 1.82) is 0 Å². The second-order valence-corrected chi connectivity index (χ2v) is 22.9. The summed E-state index contributed by atoms with van der Waals surface area (Å²) in [5.74, 6) is 0.0184. The Hall–Kier alpha value is -1.59. The molecular weight excluding hydrogens is 877 g/mol. The van der Waals surface area contributed by atoms with Crippen LogP contribution in [0.1, 0.15) is 374 Å². The third kappa shape index (κ3) is 59.2. The molecule has 0 aromatic carbocycles. The fraction of sp³-hybridized carbons (Fsp3) is 0.954. The standard InChI is InChI=1S/C65H126O6/c1-5-7-9-11-13-15-17-19-21-23-24-26-28-34-38-42-46-50-54-58-65(68)71-62(59-69-63(66)56-52-48-44-40-36-32-27-25-22-20-18-16-14-12-10-8-6-2)60-70-64(67)57-53-49-45-41-37-33-30-29-31-35-39-43-47-51-55-61(3)4/h61-62H,5-60H2,1-4H3/t62-/m0/s1. The Morgan fingerprint density at radius 3 is 0.690 bits per heavy atom. The average molecular weight is 1000 g/mol. The number of unbranched alkanes of at least 4 members (excludes halogenated alkanes) is 47. The number of esters is 3. The van der Waals surface area contributed by atoms with E-state index in [-0.39, 0.29) is 31.1 Å². The Balaban J connectivity index is 4.28. The van der Waals surface area contributed by atoms with Crippen LogP contribution in [0.2, 0.25) is 0 Å². The molecule has 0 N–H and O–H groups in total. The number of carbonyl (C=O) groups is 3. The van der Waals surface area contributed by atoms with Crippen LogP contribution in [0.25, 0.3) is 0 Å². The zero-order valence-corrected chi connectivity index (χ0v) is 48.7. The highest BCUT2D eigenvalue weighted by atomic mass is 16.6. The van der Waals surface area contributed by atoms with Gasteiger partial charge in [-0.2, -0.15) is 0 Å². The lowest BCUT2D eigenvalue weighted by atomic mass is 10.0. The lowest BCUT2D eigenvalue weighted by molar-refractivity contribution is -0.167. The Morgan fingerprint density at radius 1 is 0.268 bits per heavy atom. The van der Waals surface area contributed by atoms with Gasteiger partial charge in [0.2, 0.25) is 0 Å². The largest absolute Gasteiger partial charge is 0.462 e. The van der Waals surface area contributed by atoms with E-state index in [4.69, 9.17) is 14.2 Å². The summed E-state index contributed by atoms with van der Waals surface area (Å²) >= 11 is 0. The summed E-state index contributed by atoms with van der Waals surface area (Å²) in [7, 11) is 0. The average Bonchev–Trinajstić information content (AvgIpc) is 3.36. The third-order valence-electron chi connectivity index (χ3n) is 15.0. The smallest absolute Gasteiger partial charge is 0.306 e.